The Morgan fingerprint density at radius 2 is 2.00 bits per heavy atom. The Morgan fingerprint density at radius 3 is 2.70 bits per heavy atom. The number of aliphatic hydroxyl groups is 1. The fraction of sp³-hybridized carbons (Fsp3) is 0.688. The van der Waals surface area contributed by atoms with Crippen LogP contribution >= 0.6 is 0 Å². The smallest absolute Gasteiger partial charge is 0.267 e. The van der Waals surface area contributed by atoms with Crippen LogP contribution in [0.2, 0.25) is 0 Å². The van der Waals surface area contributed by atoms with Crippen molar-refractivity contribution < 1.29 is 9.90 Å². The average molecular weight is 276 g/mol. The summed E-state index contributed by atoms with van der Waals surface area (Å²) >= 11 is 0. The number of amides is 1. The first-order chi connectivity index (χ1) is 9.79. The van der Waals surface area contributed by atoms with Crippen molar-refractivity contribution in [2.45, 2.75) is 44.6 Å². The van der Waals surface area contributed by atoms with Gasteiger partial charge in [0.2, 0.25) is 0 Å². The molecule has 2 fully saturated rings. The van der Waals surface area contributed by atoms with Crippen molar-refractivity contribution in [3.63, 3.8) is 0 Å². The molecule has 0 aliphatic heterocycles. The van der Waals surface area contributed by atoms with Gasteiger partial charge in [-0.25, -0.2) is 0 Å². The number of hydrogen-bond donors (Lipinski definition) is 2. The molecule has 0 bridgehead atoms. The van der Waals surface area contributed by atoms with Crippen molar-refractivity contribution in [3.05, 3.63) is 24.0 Å². The first-order valence-corrected chi connectivity index (χ1v) is 7.85. The van der Waals surface area contributed by atoms with Crippen LogP contribution in [0.15, 0.2) is 18.3 Å². The van der Waals surface area contributed by atoms with E-state index in [1.807, 2.05) is 18.3 Å². The van der Waals surface area contributed by atoms with Crippen LogP contribution in [0.4, 0.5) is 0 Å². The van der Waals surface area contributed by atoms with E-state index < -0.39 is 0 Å². The molecule has 110 valence electrons. The van der Waals surface area contributed by atoms with Gasteiger partial charge in [0.05, 0.1) is 0 Å². The summed E-state index contributed by atoms with van der Waals surface area (Å²) in [5.41, 5.74) is 0.781. The molecule has 2 aliphatic rings. The van der Waals surface area contributed by atoms with Gasteiger partial charge in [0, 0.05) is 25.4 Å². The van der Waals surface area contributed by atoms with Crippen molar-refractivity contribution in [1.29, 1.82) is 0 Å². The van der Waals surface area contributed by atoms with Crippen molar-refractivity contribution in [2.75, 3.05) is 13.2 Å². The molecule has 2 atom stereocenters. The summed E-state index contributed by atoms with van der Waals surface area (Å²) in [6, 6.07) is 4.38. The van der Waals surface area contributed by atoms with Crippen LogP contribution in [0.5, 0.6) is 0 Å². The van der Waals surface area contributed by atoms with Crippen LogP contribution in [-0.4, -0.2) is 28.7 Å². The summed E-state index contributed by atoms with van der Waals surface area (Å²) in [5, 5.41) is 12.5. The highest BCUT2D eigenvalue weighted by atomic mass is 16.3. The van der Waals surface area contributed by atoms with Crippen molar-refractivity contribution in [3.8, 4) is 0 Å². The minimum absolute atomic E-state index is 0.0316. The lowest BCUT2D eigenvalue weighted by Gasteiger charge is -2.30. The lowest BCUT2D eigenvalue weighted by molar-refractivity contribution is 0.0900. The Bertz CT molecular complexity index is 465. The third kappa shape index (κ3) is 2.90. The molecule has 20 heavy (non-hydrogen) atoms. The van der Waals surface area contributed by atoms with Gasteiger partial charge in [-0.3, -0.25) is 4.79 Å². The lowest BCUT2D eigenvalue weighted by atomic mass is 9.79. The highest BCUT2D eigenvalue weighted by Gasteiger charge is 2.28. The summed E-state index contributed by atoms with van der Waals surface area (Å²) in [5.74, 6) is 0.825. The van der Waals surface area contributed by atoms with E-state index in [0.717, 1.165) is 18.5 Å². The van der Waals surface area contributed by atoms with Gasteiger partial charge in [-0.15, -0.1) is 0 Å². The second kappa shape index (κ2) is 6.00. The summed E-state index contributed by atoms with van der Waals surface area (Å²) in [7, 11) is 0. The Hall–Kier alpha value is -1.29. The number of nitrogens with one attached hydrogen (secondary N) is 1. The van der Waals surface area contributed by atoms with Crippen molar-refractivity contribution in [2.24, 2.45) is 11.8 Å². The SMILES string of the molecule is O=C(NCC1CCCCC1CO)c1cccn1C1CC1. The zero-order valence-electron chi connectivity index (χ0n) is 11.9. The van der Waals surface area contributed by atoms with E-state index in [-0.39, 0.29) is 12.5 Å². The van der Waals surface area contributed by atoms with Gasteiger partial charge in [-0.05, 0) is 49.7 Å². The molecule has 0 saturated heterocycles. The number of aliphatic hydroxyl groups excluding tert-OH is 1. The molecule has 1 aromatic rings. The first-order valence-electron chi connectivity index (χ1n) is 7.85. The molecule has 3 rings (SSSR count). The van der Waals surface area contributed by atoms with Crippen LogP contribution in [0.3, 0.4) is 0 Å². The molecule has 2 aliphatic carbocycles. The predicted octanol–water partition coefficient (Wildman–Crippen LogP) is 2.35. The number of nitrogens with zero attached hydrogens (tertiary/aromatic N) is 1. The third-order valence-corrected chi connectivity index (χ3v) is 4.78. The quantitative estimate of drug-likeness (QED) is 0.867. The molecule has 2 unspecified atom stereocenters. The minimum Gasteiger partial charge on any atom is -0.396 e. The van der Waals surface area contributed by atoms with Gasteiger partial charge in [-0.2, -0.15) is 0 Å². The van der Waals surface area contributed by atoms with Gasteiger partial charge < -0.3 is 15.0 Å². The molecular weight excluding hydrogens is 252 g/mol. The highest BCUT2D eigenvalue weighted by molar-refractivity contribution is 5.92. The van der Waals surface area contributed by atoms with E-state index in [1.165, 1.54) is 25.7 Å². The zero-order chi connectivity index (χ0) is 13.9. The topological polar surface area (TPSA) is 54.3 Å². The minimum atomic E-state index is 0.0316. The first kappa shape index (κ1) is 13.7. The zero-order valence-corrected chi connectivity index (χ0v) is 11.9. The van der Waals surface area contributed by atoms with Crippen LogP contribution in [0, 0.1) is 11.8 Å². The maximum atomic E-state index is 12.3. The summed E-state index contributed by atoms with van der Waals surface area (Å²) in [4.78, 5) is 12.3. The molecular formula is C16H24N2O2. The maximum absolute atomic E-state index is 12.3. The average Bonchev–Trinajstić information content (AvgIpc) is 3.22. The maximum Gasteiger partial charge on any atom is 0.267 e. The van der Waals surface area contributed by atoms with Crippen LogP contribution < -0.4 is 5.32 Å². The predicted molar refractivity (Wildman–Crippen MR) is 77.6 cm³/mol. The van der Waals surface area contributed by atoms with Gasteiger partial charge in [0.25, 0.3) is 5.91 Å². The number of hydrogen-bond acceptors (Lipinski definition) is 2. The fourth-order valence-corrected chi connectivity index (χ4v) is 3.37. The largest absolute Gasteiger partial charge is 0.396 e. The van der Waals surface area contributed by atoms with Crippen LogP contribution in [-0.2, 0) is 0 Å². The molecule has 4 heteroatoms. The molecule has 1 heterocycles. The molecule has 0 radical (unpaired) electrons. The third-order valence-electron chi connectivity index (χ3n) is 4.78. The van der Waals surface area contributed by atoms with Gasteiger partial charge in [0.15, 0.2) is 0 Å². The Labute approximate surface area is 120 Å². The van der Waals surface area contributed by atoms with Crippen LogP contribution in [0.25, 0.3) is 0 Å². The Balaban J connectivity index is 1.57. The van der Waals surface area contributed by atoms with Gasteiger partial charge in [-0.1, -0.05) is 12.8 Å². The molecule has 1 amide bonds. The summed E-state index contributed by atoms with van der Waals surface area (Å²) in [6.07, 6.45) is 9.01. The second-order valence-corrected chi connectivity index (χ2v) is 6.23. The molecule has 2 saturated carbocycles. The number of carbonyl (C=O) groups is 1. The molecule has 0 aromatic carbocycles. The highest BCUT2D eigenvalue weighted by Crippen LogP contribution is 2.36. The Morgan fingerprint density at radius 1 is 1.25 bits per heavy atom. The monoisotopic (exact) mass is 276 g/mol. The fourth-order valence-electron chi connectivity index (χ4n) is 3.37. The van der Waals surface area contributed by atoms with E-state index in [9.17, 15) is 9.90 Å². The van der Waals surface area contributed by atoms with E-state index in [2.05, 4.69) is 9.88 Å². The van der Waals surface area contributed by atoms with E-state index >= 15 is 0 Å². The van der Waals surface area contributed by atoms with Gasteiger partial charge >= 0.3 is 0 Å². The van der Waals surface area contributed by atoms with Crippen molar-refractivity contribution >= 4 is 5.91 Å². The molecule has 1 aromatic heterocycles. The van der Waals surface area contributed by atoms with E-state index in [1.54, 1.807) is 0 Å². The molecule has 2 N–H and O–H groups in total. The van der Waals surface area contributed by atoms with Crippen molar-refractivity contribution in [1.82, 2.24) is 9.88 Å². The normalized spacial score (nSPS) is 26.4. The molecule has 4 nitrogen and oxygen atoms in total. The summed E-state index contributed by atoms with van der Waals surface area (Å²) in [6.45, 7) is 0.943. The Kier molecular flexibility index (Phi) is 4.10. The number of carbonyl (C=O) groups excluding carboxylic acids is 1. The number of rotatable bonds is 5. The second-order valence-electron chi connectivity index (χ2n) is 6.23. The van der Waals surface area contributed by atoms with Crippen LogP contribution in [0.1, 0.15) is 55.1 Å². The van der Waals surface area contributed by atoms with E-state index in [4.69, 9.17) is 0 Å². The van der Waals surface area contributed by atoms with Gasteiger partial charge in [0.1, 0.15) is 5.69 Å². The lowest BCUT2D eigenvalue weighted by Crippen LogP contribution is -2.36. The van der Waals surface area contributed by atoms with E-state index in [0.29, 0.717) is 24.4 Å². The standard InChI is InChI=1S/C16H24N2O2/c19-11-13-5-2-1-4-12(13)10-17-16(20)15-6-3-9-18(15)14-7-8-14/h3,6,9,12-14,19H,1-2,4-5,7-8,10-11H2,(H,17,20). The molecule has 0 spiro atoms. The number of aromatic nitrogens is 1. The summed E-state index contributed by atoms with van der Waals surface area (Å²) < 4.78 is 2.10.